The molecule has 0 radical (unpaired) electrons. The van der Waals surface area contributed by atoms with Crippen LogP contribution in [0.2, 0.25) is 0 Å². The normalized spacial score (nSPS) is 18.2. The van der Waals surface area contributed by atoms with Gasteiger partial charge in [0, 0.05) is 18.6 Å². The zero-order valence-corrected chi connectivity index (χ0v) is 11.7. The highest BCUT2D eigenvalue weighted by Gasteiger charge is 2.24. The number of likely N-dealkylation sites (tertiary alicyclic amines) is 1. The van der Waals surface area contributed by atoms with Crippen molar-refractivity contribution in [3.8, 4) is 0 Å². The Balaban J connectivity index is 2.29. The molecule has 0 spiro atoms. The van der Waals surface area contributed by atoms with Gasteiger partial charge in [0.25, 0.3) is 0 Å². The van der Waals surface area contributed by atoms with Gasteiger partial charge < -0.3 is 15.5 Å². The van der Waals surface area contributed by atoms with Crippen LogP contribution in [0.1, 0.15) is 40.0 Å². The number of nitrogens with one attached hydrogen (secondary N) is 2. The molecule has 0 saturated carbocycles. The van der Waals surface area contributed by atoms with Crippen LogP contribution in [0.3, 0.4) is 0 Å². The Bertz CT molecular complexity index is 240. The first-order valence-corrected chi connectivity index (χ1v) is 6.64. The van der Waals surface area contributed by atoms with Crippen molar-refractivity contribution in [3.05, 3.63) is 0 Å². The first kappa shape index (κ1) is 14.3. The Morgan fingerprint density at radius 3 is 2.35 bits per heavy atom. The van der Waals surface area contributed by atoms with E-state index in [4.69, 9.17) is 0 Å². The fourth-order valence-corrected chi connectivity index (χ4v) is 2.17. The quantitative estimate of drug-likeness (QED) is 0.791. The fraction of sp³-hybridized carbons (Fsp3) is 0.923. The summed E-state index contributed by atoms with van der Waals surface area (Å²) in [6.45, 7) is 8.94. The first-order chi connectivity index (χ1) is 7.92. The molecule has 1 rings (SSSR count). The lowest BCUT2D eigenvalue weighted by Gasteiger charge is -2.34. The van der Waals surface area contributed by atoms with Crippen LogP contribution in [0, 0.1) is 5.92 Å². The number of amides is 2. The largest absolute Gasteiger partial charge is 0.333 e. The summed E-state index contributed by atoms with van der Waals surface area (Å²) in [5, 5.41) is 6.21. The number of hydrogen-bond acceptors (Lipinski definition) is 2. The molecule has 0 aromatic carbocycles. The van der Waals surface area contributed by atoms with E-state index < -0.39 is 0 Å². The predicted octanol–water partition coefficient (Wildman–Crippen LogP) is 1.82. The lowest BCUT2D eigenvalue weighted by Crippen LogP contribution is -2.50. The summed E-state index contributed by atoms with van der Waals surface area (Å²) in [7, 11) is 1.99. The average molecular weight is 241 g/mol. The van der Waals surface area contributed by atoms with Crippen LogP contribution < -0.4 is 10.6 Å². The lowest BCUT2D eigenvalue weighted by molar-refractivity contribution is 0.161. The predicted molar refractivity (Wildman–Crippen MR) is 71.1 cm³/mol. The summed E-state index contributed by atoms with van der Waals surface area (Å²) in [6, 6.07) is 0.0876. The van der Waals surface area contributed by atoms with Gasteiger partial charge in [0.2, 0.25) is 0 Å². The molecular formula is C13H27N3O. The Morgan fingerprint density at radius 2 is 1.88 bits per heavy atom. The van der Waals surface area contributed by atoms with Gasteiger partial charge in [-0.25, -0.2) is 4.79 Å². The van der Waals surface area contributed by atoms with Crippen molar-refractivity contribution in [1.29, 1.82) is 0 Å². The molecule has 0 aromatic rings. The highest BCUT2D eigenvalue weighted by molar-refractivity contribution is 5.75. The zero-order chi connectivity index (χ0) is 12.9. The van der Waals surface area contributed by atoms with Crippen LogP contribution in [0.5, 0.6) is 0 Å². The summed E-state index contributed by atoms with van der Waals surface area (Å²) in [5.41, 5.74) is -0.139. The van der Waals surface area contributed by atoms with Crippen molar-refractivity contribution in [1.82, 2.24) is 15.5 Å². The molecule has 0 unspecified atom stereocenters. The molecule has 0 aliphatic carbocycles. The van der Waals surface area contributed by atoms with E-state index in [1.54, 1.807) is 0 Å². The molecule has 1 fully saturated rings. The second-order valence-electron chi connectivity index (χ2n) is 6.00. The SMILES string of the molecule is CNCCC1CCN(C(=O)NC(C)(C)C)CC1. The maximum Gasteiger partial charge on any atom is 0.317 e. The summed E-state index contributed by atoms with van der Waals surface area (Å²) in [4.78, 5) is 13.9. The van der Waals surface area contributed by atoms with Crippen LogP contribution in [0.15, 0.2) is 0 Å². The van der Waals surface area contributed by atoms with Gasteiger partial charge in [-0.05, 0) is 59.5 Å². The summed E-state index contributed by atoms with van der Waals surface area (Å²) in [6.07, 6.45) is 3.50. The van der Waals surface area contributed by atoms with Crippen molar-refractivity contribution in [2.45, 2.75) is 45.6 Å². The molecule has 1 saturated heterocycles. The molecule has 1 aliphatic heterocycles. The second-order valence-corrected chi connectivity index (χ2v) is 6.00. The minimum absolute atomic E-state index is 0.0876. The van der Waals surface area contributed by atoms with Gasteiger partial charge in [-0.2, -0.15) is 0 Å². The summed E-state index contributed by atoms with van der Waals surface area (Å²) >= 11 is 0. The third-order valence-corrected chi connectivity index (χ3v) is 3.19. The molecule has 17 heavy (non-hydrogen) atoms. The number of rotatable bonds is 3. The Labute approximate surface area is 105 Å². The maximum absolute atomic E-state index is 11.9. The number of piperidine rings is 1. The van der Waals surface area contributed by atoms with Gasteiger partial charge in [-0.15, -0.1) is 0 Å². The van der Waals surface area contributed by atoms with Crippen LogP contribution in [-0.2, 0) is 0 Å². The first-order valence-electron chi connectivity index (χ1n) is 6.64. The Hall–Kier alpha value is -0.770. The van der Waals surface area contributed by atoms with E-state index in [0.29, 0.717) is 0 Å². The summed E-state index contributed by atoms with van der Waals surface area (Å²) in [5.74, 6) is 0.779. The van der Waals surface area contributed by atoms with Gasteiger partial charge in [0.05, 0.1) is 0 Å². The summed E-state index contributed by atoms with van der Waals surface area (Å²) < 4.78 is 0. The van der Waals surface area contributed by atoms with Gasteiger partial charge >= 0.3 is 6.03 Å². The van der Waals surface area contributed by atoms with E-state index in [1.807, 2.05) is 32.7 Å². The molecule has 4 nitrogen and oxygen atoms in total. The third-order valence-electron chi connectivity index (χ3n) is 3.19. The third kappa shape index (κ3) is 5.39. The van der Waals surface area contributed by atoms with E-state index in [-0.39, 0.29) is 11.6 Å². The smallest absolute Gasteiger partial charge is 0.317 e. The molecule has 0 atom stereocenters. The number of urea groups is 1. The minimum Gasteiger partial charge on any atom is -0.333 e. The Kier molecular flexibility index (Phi) is 5.25. The van der Waals surface area contributed by atoms with Crippen LogP contribution >= 0.6 is 0 Å². The van der Waals surface area contributed by atoms with Crippen LogP contribution in [0.25, 0.3) is 0 Å². The van der Waals surface area contributed by atoms with Crippen molar-refractivity contribution in [2.24, 2.45) is 5.92 Å². The zero-order valence-electron chi connectivity index (χ0n) is 11.7. The molecule has 0 aromatic heterocycles. The molecule has 0 bridgehead atoms. The molecule has 1 heterocycles. The van der Waals surface area contributed by atoms with Crippen molar-refractivity contribution >= 4 is 6.03 Å². The molecule has 100 valence electrons. The molecule has 1 aliphatic rings. The monoisotopic (exact) mass is 241 g/mol. The average Bonchev–Trinajstić information content (AvgIpc) is 2.24. The maximum atomic E-state index is 11.9. The van der Waals surface area contributed by atoms with Gasteiger partial charge in [-0.1, -0.05) is 0 Å². The highest BCUT2D eigenvalue weighted by atomic mass is 16.2. The van der Waals surface area contributed by atoms with E-state index in [0.717, 1.165) is 38.4 Å². The van der Waals surface area contributed by atoms with Crippen molar-refractivity contribution in [3.63, 3.8) is 0 Å². The topological polar surface area (TPSA) is 44.4 Å². The Morgan fingerprint density at radius 1 is 1.29 bits per heavy atom. The van der Waals surface area contributed by atoms with E-state index >= 15 is 0 Å². The fourth-order valence-electron chi connectivity index (χ4n) is 2.17. The lowest BCUT2D eigenvalue weighted by atomic mass is 9.94. The van der Waals surface area contributed by atoms with Gasteiger partial charge in [0.1, 0.15) is 0 Å². The molecule has 2 N–H and O–H groups in total. The number of carbonyl (C=O) groups excluding carboxylic acids is 1. The highest BCUT2D eigenvalue weighted by Crippen LogP contribution is 2.20. The standard InChI is InChI=1S/C13H27N3O/c1-13(2,3)15-12(17)16-9-6-11(7-10-16)5-8-14-4/h11,14H,5-10H2,1-4H3,(H,15,17). The van der Waals surface area contributed by atoms with E-state index in [9.17, 15) is 4.79 Å². The van der Waals surface area contributed by atoms with Crippen LogP contribution in [-0.4, -0.2) is 43.2 Å². The van der Waals surface area contributed by atoms with Gasteiger partial charge in [0.15, 0.2) is 0 Å². The molecule has 2 amide bonds. The molecular weight excluding hydrogens is 214 g/mol. The number of carbonyl (C=O) groups is 1. The van der Waals surface area contributed by atoms with Crippen molar-refractivity contribution < 1.29 is 4.79 Å². The van der Waals surface area contributed by atoms with Crippen LogP contribution in [0.4, 0.5) is 4.79 Å². The number of nitrogens with zero attached hydrogens (tertiary/aromatic N) is 1. The van der Waals surface area contributed by atoms with Gasteiger partial charge in [-0.3, -0.25) is 0 Å². The second kappa shape index (κ2) is 6.24. The van der Waals surface area contributed by atoms with Crippen molar-refractivity contribution in [2.75, 3.05) is 26.7 Å². The minimum atomic E-state index is -0.139. The van der Waals surface area contributed by atoms with E-state index in [2.05, 4.69) is 10.6 Å². The van der Waals surface area contributed by atoms with E-state index in [1.165, 1.54) is 6.42 Å². The number of hydrogen-bond donors (Lipinski definition) is 2. The molecule has 4 heteroatoms.